The summed E-state index contributed by atoms with van der Waals surface area (Å²) in [6, 6.07) is -0.700. The maximum atomic E-state index is 11.4. The van der Waals surface area contributed by atoms with E-state index in [2.05, 4.69) is 15.3 Å². The summed E-state index contributed by atoms with van der Waals surface area (Å²) in [4.78, 5) is 28.2. The van der Waals surface area contributed by atoms with Gasteiger partial charge in [0.2, 0.25) is 5.91 Å². The van der Waals surface area contributed by atoms with Gasteiger partial charge >= 0.3 is 5.97 Å². The predicted octanol–water partition coefficient (Wildman–Crippen LogP) is -1.13. The summed E-state index contributed by atoms with van der Waals surface area (Å²) in [6.07, 6.45) is 3.33. The molecule has 0 unspecified atom stereocenters. The Balaban J connectivity index is 2.28. The molecule has 5 N–H and O–H groups in total. The van der Waals surface area contributed by atoms with Gasteiger partial charge in [0.15, 0.2) is 0 Å². The van der Waals surface area contributed by atoms with E-state index in [1.165, 1.54) is 6.33 Å². The van der Waals surface area contributed by atoms with Gasteiger partial charge in [-0.2, -0.15) is 0 Å². The van der Waals surface area contributed by atoms with E-state index in [0.717, 1.165) is 5.69 Å². The number of nitrogens with one attached hydrogen (secondary N) is 2. The van der Waals surface area contributed by atoms with Gasteiger partial charge in [0.1, 0.15) is 0 Å². The standard InChI is InChI=1S/C9H14N4O3/c10-7(3-6-4-11-5-13-6)9(16)12-2-1-8(14)15/h4-5,7H,1-3,10H2,(H,11,13)(H,12,16)(H,14,15)/t7-/m1/s1. The number of aromatic amines is 1. The number of rotatable bonds is 6. The van der Waals surface area contributed by atoms with E-state index in [1.807, 2.05) is 0 Å². The summed E-state index contributed by atoms with van der Waals surface area (Å²) in [7, 11) is 0. The van der Waals surface area contributed by atoms with Crippen LogP contribution in [0.2, 0.25) is 0 Å². The molecule has 0 aliphatic heterocycles. The Morgan fingerprint density at radius 3 is 2.94 bits per heavy atom. The van der Waals surface area contributed by atoms with E-state index in [4.69, 9.17) is 10.8 Å². The van der Waals surface area contributed by atoms with Crippen LogP contribution in [0.25, 0.3) is 0 Å². The molecule has 0 aromatic carbocycles. The van der Waals surface area contributed by atoms with Crippen LogP contribution in [0.3, 0.4) is 0 Å². The van der Waals surface area contributed by atoms with Crippen LogP contribution in [0.1, 0.15) is 12.1 Å². The van der Waals surface area contributed by atoms with Gasteiger partial charge in [-0.3, -0.25) is 9.59 Å². The molecule has 0 spiro atoms. The Morgan fingerprint density at radius 1 is 1.62 bits per heavy atom. The van der Waals surface area contributed by atoms with Crippen LogP contribution < -0.4 is 11.1 Å². The minimum atomic E-state index is -0.956. The number of imidazole rings is 1. The number of nitrogens with zero attached hydrogens (tertiary/aromatic N) is 1. The highest BCUT2D eigenvalue weighted by Crippen LogP contribution is 1.96. The first-order valence-electron chi connectivity index (χ1n) is 4.82. The number of hydrogen-bond acceptors (Lipinski definition) is 4. The molecule has 1 aromatic heterocycles. The molecule has 1 atom stereocenters. The highest BCUT2D eigenvalue weighted by molar-refractivity contribution is 5.82. The fourth-order valence-corrected chi connectivity index (χ4v) is 1.15. The third kappa shape index (κ3) is 4.09. The number of aromatic nitrogens is 2. The Bertz CT molecular complexity index is 350. The van der Waals surface area contributed by atoms with Crippen molar-refractivity contribution in [3.8, 4) is 0 Å². The molecule has 7 nitrogen and oxygen atoms in total. The first-order chi connectivity index (χ1) is 7.59. The third-order valence-electron chi connectivity index (χ3n) is 1.97. The highest BCUT2D eigenvalue weighted by atomic mass is 16.4. The van der Waals surface area contributed by atoms with Gasteiger partial charge in [-0.25, -0.2) is 4.98 Å². The molecule has 1 aromatic rings. The number of H-pyrrole nitrogens is 1. The minimum Gasteiger partial charge on any atom is -0.481 e. The second-order valence-electron chi connectivity index (χ2n) is 3.32. The van der Waals surface area contributed by atoms with Crippen LogP contribution in [0.5, 0.6) is 0 Å². The predicted molar refractivity (Wildman–Crippen MR) is 55.5 cm³/mol. The second kappa shape index (κ2) is 5.86. The zero-order valence-corrected chi connectivity index (χ0v) is 8.64. The Hall–Kier alpha value is -1.89. The number of carboxylic acid groups (broad SMARTS) is 1. The number of carboxylic acids is 1. The quantitative estimate of drug-likeness (QED) is 0.489. The minimum absolute atomic E-state index is 0.0881. The molecule has 0 fully saturated rings. The number of nitrogens with two attached hydrogens (primary N) is 1. The number of carbonyl (C=O) groups excluding carboxylic acids is 1. The van der Waals surface area contributed by atoms with Gasteiger partial charge in [-0.1, -0.05) is 0 Å². The zero-order valence-electron chi connectivity index (χ0n) is 8.64. The Morgan fingerprint density at radius 2 is 2.38 bits per heavy atom. The summed E-state index contributed by atoms with van der Waals surface area (Å²) in [5, 5.41) is 10.8. The molecule has 0 radical (unpaired) electrons. The molecule has 1 amide bonds. The molecule has 0 saturated carbocycles. The molecule has 88 valence electrons. The normalized spacial score (nSPS) is 12.1. The molecule has 0 saturated heterocycles. The first kappa shape index (κ1) is 12.2. The van der Waals surface area contributed by atoms with E-state index in [9.17, 15) is 9.59 Å². The molecular weight excluding hydrogens is 212 g/mol. The van der Waals surface area contributed by atoms with Crippen LogP contribution in [0, 0.1) is 0 Å². The lowest BCUT2D eigenvalue weighted by atomic mass is 10.1. The molecule has 0 bridgehead atoms. The van der Waals surface area contributed by atoms with Crippen molar-refractivity contribution in [2.75, 3.05) is 6.54 Å². The smallest absolute Gasteiger partial charge is 0.305 e. The van der Waals surface area contributed by atoms with Gasteiger partial charge < -0.3 is 21.1 Å². The second-order valence-corrected chi connectivity index (χ2v) is 3.32. The third-order valence-corrected chi connectivity index (χ3v) is 1.97. The number of aliphatic carboxylic acids is 1. The van der Waals surface area contributed by atoms with Crippen molar-refractivity contribution in [2.24, 2.45) is 5.73 Å². The van der Waals surface area contributed by atoms with Crippen LogP contribution in [-0.2, 0) is 16.0 Å². The largest absolute Gasteiger partial charge is 0.481 e. The lowest BCUT2D eigenvalue weighted by Crippen LogP contribution is -2.42. The van der Waals surface area contributed by atoms with Crippen LogP contribution in [-0.4, -0.2) is 39.5 Å². The van der Waals surface area contributed by atoms with Gasteiger partial charge in [0.05, 0.1) is 18.8 Å². The van der Waals surface area contributed by atoms with Gasteiger partial charge in [-0.15, -0.1) is 0 Å². The topological polar surface area (TPSA) is 121 Å². The van der Waals surface area contributed by atoms with E-state index < -0.39 is 12.0 Å². The number of hydrogen-bond donors (Lipinski definition) is 4. The molecule has 1 rings (SSSR count). The van der Waals surface area contributed by atoms with Crippen LogP contribution >= 0.6 is 0 Å². The van der Waals surface area contributed by atoms with Gasteiger partial charge in [0.25, 0.3) is 0 Å². The fraction of sp³-hybridized carbons (Fsp3) is 0.444. The van der Waals surface area contributed by atoms with E-state index in [-0.39, 0.29) is 18.9 Å². The molecule has 0 aliphatic carbocycles. The zero-order chi connectivity index (χ0) is 12.0. The van der Waals surface area contributed by atoms with Crippen LogP contribution in [0.15, 0.2) is 12.5 Å². The molecule has 16 heavy (non-hydrogen) atoms. The SMILES string of the molecule is N[C@H](Cc1cnc[nH]1)C(=O)NCCC(=O)O. The molecule has 0 aliphatic rings. The van der Waals surface area contributed by atoms with E-state index in [0.29, 0.717) is 6.42 Å². The maximum Gasteiger partial charge on any atom is 0.305 e. The van der Waals surface area contributed by atoms with Crippen molar-refractivity contribution in [2.45, 2.75) is 18.9 Å². The van der Waals surface area contributed by atoms with Gasteiger partial charge in [-0.05, 0) is 0 Å². The lowest BCUT2D eigenvalue weighted by Gasteiger charge is -2.10. The van der Waals surface area contributed by atoms with Crippen molar-refractivity contribution in [3.63, 3.8) is 0 Å². The van der Waals surface area contributed by atoms with E-state index >= 15 is 0 Å². The van der Waals surface area contributed by atoms with Crippen molar-refractivity contribution in [3.05, 3.63) is 18.2 Å². The average molecular weight is 226 g/mol. The maximum absolute atomic E-state index is 11.4. The average Bonchev–Trinajstić information content (AvgIpc) is 2.69. The van der Waals surface area contributed by atoms with Gasteiger partial charge in [0, 0.05) is 24.9 Å². The van der Waals surface area contributed by atoms with E-state index in [1.54, 1.807) is 6.20 Å². The van der Waals surface area contributed by atoms with Crippen molar-refractivity contribution in [1.29, 1.82) is 0 Å². The molecule has 1 heterocycles. The monoisotopic (exact) mass is 226 g/mol. The summed E-state index contributed by atoms with van der Waals surface area (Å²) >= 11 is 0. The highest BCUT2D eigenvalue weighted by Gasteiger charge is 2.14. The summed E-state index contributed by atoms with van der Waals surface area (Å²) in [5.41, 5.74) is 6.38. The lowest BCUT2D eigenvalue weighted by molar-refractivity contribution is -0.136. The van der Waals surface area contributed by atoms with Crippen molar-refractivity contribution < 1.29 is 14.7 Å². The fourth-order valence-electron chi connectivity index (χ4n) is 1.15. The number of amides is 1. The summed E-state index contributed by atoms with van der Waals surface area (Å²) in [5.74, 6) is -1.32. The number of carbonyl (C=O) groups is 2. The Labute approximate surface area is 92.1 Å². The van der Waals surface area contributed by atoms with Crippen molar-refractivity contribution >= 4 is 11.9 Å². The molecular formula is C9H14N4O3. The van der Waals surface area contributed by atoms with Crippen molar-refractivity contribution in [1.82, 2.24) is 15.3 Å². The summed E-state index contributed by atoms with van der Waals surface area (Å²) in [6.45, 7) is 0.0881. The first-order valence-corrected chi connectivity index (χ1v) is 4.82. The van der Waals surface area contributed by atoms with Crippen LogP contribution in [0.4, 0.5) is 0 Å². The summed E-state index contributed by atoms with van der Waals surface area (Å²) < 4.78 is 0. The Kier molecular flexibility index (Phi) is 4.46. The molecule has 7 heteroatoms.